The van der Waals surface area contributed by atoms with Crippen molar-refractivity contribution in [1.82, 2.24) is 15.5 Å². The molecule has 0 spiro atoms. The molecule has 5 heteroatoms. The number of nitrogens with zero attached hydrogens (tertiary/aromatic N) is 2. The molecular formula is C14H19N3O2. The van der Waals surface area contributed by atoms with E-state index < -0.39 is 0 Å². The molecule has 5 nitrogen and oxygen atoms in total. The average molecular weight is 261 g/mol. The van der Waals surface area contributed by atoms with Crippen molar-refractivity contribution in [3.8, 4) is 5.75 Å². The molecule has 102 valence electrons. The minimum atomic E-state index is 0.0605. The Morgan fingerprint density at radius 3 is 2.95 bits per heavy atom. The van der Waals surface area contributed by atoms with Gasteiger partial charge >= 0.3 is 0 Å². The Bertz CT molecular complexity index is 525. The van der Waals surface area contributed by atoms with Gasteiger partial charge in [-0.3, -0.25) is 0 Å². The van der Waals surface area contributed by atoms with Crippen LogP contribution in [0.1, 0.15) is 43.7 Å². The van der Waals surface area contributed by atoms with Gasteiger partial charge in [0.25, 0.3) is 0 Å². The third-order valence-corrected chi connectivity index (χ3v) is 2.82. The maximum Gasteiger partial charge on any atom is 0.233 e. The highest BCUT2D eigenvalue weighted by molar-refractivity contribution is 5.28. The number of hydrogen-bond donors (Lipinski definition) is 2. The first kappa shape index (κ1) is 13.5. The molecule has 0 saturated heterocycles. The molecule has 0 aliphatic rings. The van der Waals surface area contributed by atoms with E-state index in [9.17, 15) is 5.11 Å². The van der Waals surface area contributed by atoms with Crippen LogP contribution in [0.25, 0.3) is 0 Å². The van der Waals surface area contributed by atoms with Crippen molar-refractivity contribution >= 4 is 0 Å². The van der Waals surface area contributed by atoms with E-state index in [-0.39, 0.29) is 11.8 Å². The minimum Gasteiger partial charge on any atom is -0.508 e. The normalized spacial score (nSPS) is 12.5. The summed E-state index contributed by atoms with van der Waals surface area (Å²) in [6.45, 7) is 5.04. The number of aromatic nitrogens is 2. The zero-order chi connectivity index (χ0) is 13.7. The van der Waals surface area contributed by atoms with Gasteiger partial charge in [-0.25, -0.2) is 0 Å². The van der Waals surface area contributed by atoms with E-state index in [0.717, 1.165) is 18.5 Å². The van der Waals surface area contributed by atoms with Crippen molar-refractivity contribution < 1.29 is 9.52 Å². The number of hydrogen-bond acceptors (Lipinski definition) is 5. The van der Waals surface area contributed by atoms with Gasteiger partial charge in [0.15, 0.2) is 0 Å². The third kappa shape index (κ3) is 3.79. The lowest BCUT2D eigenvalue weighted by molar-refractivity contribution is 0.397. The topological polar surface area (TPSA) is 71.2 Å². The van der Waals surface area contributed by atoms with Gasteiger partial charge in [-0.15, -0.1) is 10.2 Å². The van der Waals surface area contributed by atoms with E-state index in [1.807, 2.05) is 13.0 Å². The van der Waals surface area contributed by atoms with Crippen LogP contribution in [-0.4, -0.2) is 21.8 Å². The summed E-state index contributed by atoms with van der Waals surface area (Å²) in [5.41, 5.74) is 0.948. The Balaban J connectivity index is 2.01. The van der Waals surface area contributed by atoms with Crippen LogP contribution in [0, 0.1) is 0 Å². The summed E-state index contributed by atoms with van der Waals surface area (Å²) in [5.74, 6) is 1.41. The molecule has 2 N–H and O–H groups in total. The smallest absolute Gasteiger partial charge is 0.233 e. The van der Waals surface area contributed by atoms with Crippen LogP contribution in [0.3, 0.4) is 0 Å². The highest BCUT2D eigenvalue weighted by Crippen LogP contribution is 2.16. The maximum absolute atomic E-state index is 9.40. The van der Waals surface area contributed by atoms with Crippen LogP contribution >= 0.6 is 0 Å². The number of phenols is 1. The van der Waals surface area contributed by atoms with Crippen molar-refractivity contribution in [2.45, 2.75) is 32.7 Å². The summed E-state index contributed by atoms with van der Waals surface area (Å²) in [5, 5.41) is 20.8. The zero-order valence-corrected chi connectivity index (χ0v) is 11.3. The second kappa shape index (κ2) is 6.33. The van der Waals surface area contributed by atoms with Crippen molar-refractivity contribution in [1.29, 1.82) is 0 Å². The van der Waals surface area contributed by atoms with Gasteiger partial charge < -0.3 is 14.8 Å². The fraction of sp³-hybridized carbons (Fsp3) is 0.429. The van der Waals surface area contributed by atoms with Crippen LogP contribution in [0.2, 0.25) is 0 Å². The Morgan fingerprint density at radius 1 is 1.37 bits per heavy atom. The monoisotopic (exact) mass is 261 g/mol. The molecule has 0 aliphatic carbocycles. The molecule has 1 heterocycles. The van der Waals surface area contributed by atoms with Crippen LogP contribution in [0.5, 0.6) is 5.75 Å². The molecule has 0 saturated carbocycles. The first-order chi connectivity index (χ1) is 9.19. The summed E-state index contributed by atoms with van der Waals surface area (Å²) in [6.07, 6.45) is 1.59. The van der Waals surface area contributed by atoms with Gasteiger partial charge in [-0.2, -0.15) is 0 Å². The predicted octanol–water partition coefficient (Wildman–Crippen LogP) is 2.43. The molecule has 2 aromatic rings. The fourth-order valence-electron chi connectivity index (χ4n) is 1.80. The molecule has 1 atom stereocenters. The maximum atomic E-state index is 9.40. The van der Waals surface area contributed by atoms with Crippen LogP contribution in [0.4, 0.5) is 0 Å². The van der Waals surface area contributed by atoms with Crippen molar-refractivity contribution in [2.24, 2.45) is 0 Å². The first-order valence-electron chi connectivity index (χ1n) is 6.52. The molecule has 0 radical (unpaired) electrons. The Morgan fingerprint density at radius 2 is 2.21 bits per heavy atom. The van der Waals surface area contributed by atoms with E-state index >= 15 is 0 Å². The number of benzene rings is 1. The second-order valence-corrected chi connectivity index (χ2v) is 4.56. The first-order valence-corrected chi connectivity index (χ1v) is 6.52. The molecule has 1 unspecified atom stereocenters. The van der Waals surface area contributed by atoms with Crippen LogP contribution < -0.4 is 5.32 Å². The molecule has 1 aromatic carbocycles. The summed E-state index contributed by atoms with van der Waals surface area (Å²) < 4.78 is 5.62. The Labute approximate surface area is 112 Å². The van der Waals surface area contributed by atoms with E-state index in [1.54, 1.807) is 18.2 Å². The van der Waals surface area contributed by atoms with Crippen molar-refractivity contribution in [2.75, 3.05) is 6.54 Å². The molecule has 0 fully saturated rings. The molecule has 19 heavy (non-hydrogen) atoms. The molecule has 1 aromatic heterocycles. The third-order valence-electron chi connectivity index (χ3n) is 2.82. The average Bonchev–Trinajstić information content (AvgIpc) is 2.84. The predicted molar refractivity (Wildman–Crippen MR) is 71.9 cm³/mol. The number of aromatic hydroxyl groups is 1. The summed E-state index contributed by atoms with van der Waals surface area (Å²) in [6, 6.07) is 7.11. The van der Waals surface area contributed by atoms with E-state index in [1.165, 1.54) is 0 Å². The van der Waals surface area contributed by atoms with Crippen LogP contribution in [-0.2, 0) is 6.42 Å². The van der Waals surface area contributed by atoms with Gasteiger partial charge in [0.05, 0.1) is 12.5 Å². The van der Waals surface area contributed by atoms with E-state index in [2.05, 4.69) is 22.4 Å². The summed E-state index contributed by atoms with van der Waals surface area (Å²) in [4.78, 5) is 0. The zero-order valence-electron chi connectivity index (χ0n) is 11.3. The highest BCUT2D eigenvalue weighted by atomic mass is 16.4. The van der Waals surface area contributed by atoms with Gasteiger partial charge in [0, 0.05) is 0 Å². The molecule has 0 amide bonds. The molecular weight excluding hydrogens is 242 g/mol. The summed E-state index contributed by atoms with van der Waals surface area (Å²) >= 11 is 0. The van der Waals surface area contributed by atoms with Gasteiger partial charge in [-0.05, 0) is 37.6 Å². The van der Waals surface area contributed by atoms with Crippen LogP contribution in [0.15, 0.2) is 28.7 Å². The SMILES string of the molecule is CCCNC(C)c1nnc(Cc2cccc(O)c2)o1. The van der Waals surface area contributed by atoms with Crippen molar-refractivity contribution in [3.63, 3.8) is 0 Å². The lowest BCUT2D eigenvalue weighted by Crippen LogP contribution is -2.19. The van der Waals surface area contributed by atoms with Gasteiger partial charge in [-0.1, -0.05) is 19.1 Å². The molecule has 0 aliphatic heterocycles. The summed E-state index contributed by atoms with van der Waals surface area (Å²) in [7, 11) is 0. The lowest BCUT2D eigenvalue weighted by atomic mass is 10.1. The lowest BCUT2D eigenvalue weighted by Gasteiger charge is -2.07. The second-order valence-electron chi connectivity index (χ2n) is 4.56. The molecule has 0 bridgehead atoms. The minimum absolute atomic E-state index is 0.0605. The standard InChI is InChI=1S/C14H19N3O2/c1-3-7-15-10(2)14-17-16-13(19-14)9-11-5-4-6-12(18)8-11/h4-6,8,10,15,18H,3,7,9H2,1-2H3. The van der Waals surface area contributed by atoms with E-state index in [0.29, 0.717) is 18.2 Å². The highest BCUT2D eigenvalue weighted by Gasteiger charge is 2.13. The van der Waals surface area contributed by atoms with E-state index in [4.69, 9.17) is 4.42 Å². The Kier molecular flexibility index (Phi) is 4.52. The quantitative estimate of drug-likeness (QED) is 0.835. The molecule has 2 rings (SSSR count). The Hall–Kier alpha value is -1.88. The van der Waals surface area contributed by atoms with Gasteiger partial charge in [0.2, 0.25) is 11.8 Å². The number of phenolic OH excluding ortho intramolecular Hbond substituents is 1. The number of rotatable bonds is 6. The van der Waals surface area contributed by atoms with Gasteiger partial charge in [0.1, 0.15) is 5.75 Å². The fourth-order valence-corrected chi connectivity index (χ4v) is 1.80. The largest absolute Gasteiger partial charge is 0.508 e. The number of nitrogens with one attached hydrogen (secondary N) is 1. The van der Waals surface area contributed by atoms with Crippen molar-refractivity contribution in [3.05, 3.63) is 41.6 Å².